The fourth-order valence-corrected chi connectivity index (χ4v) is 2.99. The average Bonchev–Trinajstić information content (AvgIpc) is 3.18. The van der Waals surface area contributed by atoms with E-state index in [4.69, 9.17) is 0 Å². The Balaban J connectivity index is 1.65. The van der Waals surface area contributed by atoms with Crippen molar-refractivity contribution in [2.45, 2.75) is 20.3 Å². The lowest BCUT2D eigenvalue weighted by atomic mass is 10.1. The number of hydrogen-bond donors (Lipinski definition) is 1. The predicted octanol–water partition coefficient (Wildman–Crippen LogP) is 3.54. The predicted molar refractivity (Wildman–Crippen MR) is 110 cm³/mol. The van der Waals surface area contributed by atoms with Crippen LogP contribution in [0, 0.1) is 0 Å². The minimum absolute atomic E-state index is 0.0368. The summed E-state index contributed by atoms with van der Waals surface area (Å²) >= 11 is 0. The monoisotopic (exact) mass is 376 g/mol. The van der Waals surface area contributed by atoms with Crippen molar-refractivity contribution < 1.29 is 9.59 Å². The van der Waals surface area contributed by atoms with Gasteiger partial charge < -0.3 is 10.2 Å². The highest BCUT2D eigenvalue weighted by Gasteiger charge is 2.13. The zero-order valence-corrected chi connectivity index (χ0v) is 16.1. The van der Waals surface area contributed by atoms with Gasteiger partial charge in [-0.2, -0.15) is 5.10 Å². The van der Waals surface area contributed by atoms with Crippen LogP contribution in [0.25, 0.3) is 5.69 Å². The first-order valence-corrected chi connectivity index (χ1v) is 9.39. The molecule has 1 aromatic heterocycles. The van der Waals surface area contributed by atoms with Gasteiger partial charge >= 0.3 is 0 Å². The summed E-state index contributed by atoms with van der Waals surface area (Å²) in [6, 6.07) is 16.8. The van der Waals surface area contributed by atoms with E-state index in [2.05, 4.69) is 10.4 Å². The van der Waals surface area contributed by atoms with E-state index in [9.17, 15) is 9.59 Å². The third-order valence-electron chi connectivity index (χ3n) is 4.47. The Hall–Kier alpha value is -3.41. The molecule has 1 heterocycles. The maximum atomic E-state index is 12.5. The number of aromatic nitrogens is 2. The summed E-state index contributed by atoms with van der Waals surface area (Å²) in [6.07, 6.45) is 3.74. The lowest BCUT2D eigenvalue weighted by Gasteiger charge is -2.19. The van der Waals surface area contributed by atoms with Gasteiger partial charge in [0.05, 0.1) is 18.3 Å². The molecule has 6 nitrogen and oxygen atoms in total. The first-order chi connectivity index (χ1) is 13.6. The Morgan fingerprint density at radius 1 is 1.04 bits per heavy atom. The highest BCUT2D eigenvalue weighted by atomic mass is 16.2. The van der Waals surface area contributed by atoms with Gasteiger partial charge in [0, 0.05) is 30.5 Å². The normalized spacial score (nSPS) is 10.5. The molecule has 2 aromatic carbocycles. The molecular formula is C22H24N4O2. The molecule has 144 valence electrons. The number of nitrogens with zero attached hydrogens (tertiary/aromatic N) is 3. The molecule has 0 spiro atoms. The molecule has 1 N–H and O–H groups in total. The average molecular weight is 376 g/mol. The van der Waals surface area contributed by atoms with Crippen LogP contribution in [0.2, 0.25) is 0 Å². The van der Waals surface area contributed by atoms with Gasteiger partial charge in [0.25, 0.3) is 5.91 Å². The van der Waals surface area contributed by atoms with Crippen LogP contribution in [0.5, 0.6) is 0 Å². The highest BCUT2D eigenvalue weighted by Crippen LogP contribution is 2.14. The van der Waals surface area contributed by atoms with Crippen LogP contribution in [0.3, 0.4) is 0 Å². The van der Waals surface area contributed by atoms with E-state index in [1.54, 1.807) is 40.0 Å². The molecule has 0 saturated carbocycles. The first kappa shape index (κ1) is 19.4. The van der Waals surface area contributed by atoms with Crippen LogP contribution in [-0.2, 0) is 11.2 Å². The summed E-state index contributed by atoms with van der Waals surface area (Å²) in [5, 5.41) is 7.17. The molecule has 28 heavy (non-hydrogen) atoms. The van der Waals surface area contributed by atoms with Crippen molar-refractivity contribution >= 4 is 17.5 Å². The van der Waals surface area contributed by atoms with E-state index in [-0.39, 0.29) is 18.2 Å². The maximum absolute atomic E-state index is 12.5. The van der Waals surface area contributed by atoms with Crippen LogP contribution >= 0.6 is 0 Å². The molecule has 6 heteroatoms. The standard InChI is InChI=1S/C22H24N4O2/c1-3-25(4-2)22(28)18-9-8-10-19(14-18)24-21(27)13-17-15-23-26(16-17)20-11-6-5-7-12-20/h5-12,14-16H,3-4,13H2,1-2H3,(H,24,27). The number of hydrogen-bond acceptors (Lipinski definition) is 3. The molecular weight excluding hydrogens is 352 g/mol. The number of nitrogens with one attached hydrogen (secondary N) is 1. The van der Waals surface area contributed by atoms with Gasteiger partial charge in [-0.1, -0.05) is 24.3 Å². The highest BCUT2D eigenvalue weighted by molar-refractivity contribution is 5.97. The summed E-state index contributed by atoms with van der Waals surface area (Å²) in [5.74, 6) is -0.190. The number of benzene rings is 2. The lowest BCUT2D eigenvalue weighted by Crippen LogP contribution is -2.30. The minimum Gasteiger partial charge on any atom is -0.339 e. The van der Waals surface area contributed by atoms with Gasteiger partial charge in [0.1, 0.15) is 0 Å². The van der Waals surface area contributed by atoms with Gasteiger partial charge in [-0.05, 0) is 49.7 Å². The molecule has 0 radical (unpaired) electrons. The van der Waals surface area contributed by atoms with Gasteiger partial charge in [0.2, 0.25) is 5.91 Å². The minimum atomic E-state index is -0.153. The Morgan fingerprint density at radius 2 is 1.79 bits per heavy atom. The topological polar surface area (TPSA) is 67.2 Å². The zero-order valence-electron chi connectivity index (χ0n) is 16.1. The third-order valence-corrected chi connectivity index (χ3v) is 4.47. The number of amides is 2. The van der Waals surface area contributed by atoms with E-state index < -0.39 is 0 Å². The van der Waals surface area contributed by atoms with Crippen LogP contribution in [0.15, 0.2) is 67.0 Å². The van der Waals surface area contributed by atoms with Crippen LogP contribution < -0.4 is 5.32 Å². The van der Waals surface area contributed by atoms with E-state index >= 15 is 0 Å². The Bertz CT molecular complexity index is 946. The van der Waals surface area contributed by atoms with Crippen molar-refractivity contribution in [2.24, 2.45) is 0 Å². The van der Waals surface area contributed by atoms with Crippen molar-refractivity contribution in [1.82, 2.24) is 14.7 Å². The quantitative estimate of drug-likeness (QED) is 0.686. The van der Waals surface area contributed by atoms with E-state index in [0.29, 0.717) is 24.3 Å². The summed E-state index contributed by atoms with van der Waals surface area (Å²) in [5.41, 5.74) is 2.94. The molecule has 3 rings (SSSR count). The van der Waals surface area contributed by atoms with Crippen LogP contribution in [0.1, 0.15) is 29.8 Å². The van der Waals surface area contributed by atoms with Gasteiger partial charge in [-0.25, -0.2) is 4.68 Å². The largest absolute Gasteiger partial charge is 0.339 e. The Morgan fingerprint density at radius 3 is 2.50 bits per heavy atom. The summed E-state index contributed by atoms with van der Waals surface area (Å²) in [6.45, 7) is 5.19. The number of carbonyl (C=O) groups is 2. The fraction of sp³-hybridized carbons (Fsp3) is 0.227. The molecule has 0 unspecified atom stereocenters. The van der Waals surface area contributed by atoms with Crippen molar-refractivity contribution in [2.75, 3.05) is 18.4 Å². The van der Waals surface area contributed by atoms with Crippen molar-refractivity contribution in [3.05, 3.63) is 78.1 Å². The van der Waals surface area contributed by atoms with Gasteiger partial charge in [0.15, 0.2) is 0 Å². The molecule has 0 saturated heterocycles. The second-order valence-corrected chi connectivity index (χ2v) is 6.41. The molecule has 0 aliphatic rings. The van der Waals surface area contributed by atoms with Crippen molar-refractivity contribution in [3.8, 4) is 5.69 Å². The molecule has 2 amide bonds. The lowest BCUT2D eigenvalue weighted by molar-refractivity contribution is -0.115. The Kier molecular flexibility index (Phi) is 6.22. The molecule has 0 bridgehead atoms. The molecule has 0 aliphatic heterocycles. The number of rotatable bonds is 7. The zero-order chi connectivity index (χ0) is 19.9. The van der Waals surface area contributed by atoms with Gasteiger partial charge in [-0.15, -0.1) is 0 Å². The van der Waals surface area contributed by atoms with Crippen LogP contribution in [-0.4, -0.2) is 39.6 Å². The first-order valence-electron chi connectivity index (χ1n) is 9.39. The van der Waals surface area contributed by atoms with E-state index in [1.807, 2.05) is 50.4 Å². The fourth-order valence-electron chi connectivity index (χ4n) is 2.99. The number of carbonyl (C=O) groups excluding carboxylic acids is 2. The SMILES string of the molecule is CCN(CC)C(=O)c1cccc(NC(=O)Cc2cnn(-c3ccccc3)c2)c1. The van der Waals surface area contributed by atoms with E-state index in [0.717, 1.165) is 11.3 Å². The molecule has 0 aliphatic carbocycles. The maximum Gasteiger partial charge on any atom is 0.253 e. The third kappa shape index (κ3) is 4.65. The van der Waals surface area contributed by atoms with E-state index in [1.165, 1.54) is 0 Å². The van der Waals surface area contributed by atoms with Gasteiger partial charge in [-0.3, -0.25) is 9.59 Å². The summed E-state index contributed by atoms with van der Waals surface area (Å²) in [4.78, 5) is 26.6. The molecule has 3 aromatic rings. The van der Waals surface area contributed by atoms with Crippen molar-refractivity contribution in [3.63, 3.8) is 0 Å². The number of anilines is 1. The smallest absolute Gasteiger partial charge is 0.253 e. The summed E-state index contributed by atoms with van der Waals surface area (Å²) in [7, 11) is 0. The van der Waals surface area contributed by atoms with Crippen molar-refractivity contribution in [1.29, 1.82) is 0 Å². The van der Waals surface area contributed by atoms with Crippen LogP contribution in [0.4, 0.5) is 5.69 Å². The molecule has 0 atom stereocenters. The molecule has 0 fully saturated rings. The second kappa shape index (κ2) is 8.99. The number of para-hydroxylation sites is 1. The Labute approximate surface area is 164 Å². The second-order valence-electron chi connectivity index (χ2n) is 6.41. The summed E-state index contributed by atoms with van der Waals surface area (Å²) < 4.78 is 1.74.